The number of thiazole rings is 1. The molecule has 1 aliphatic heterocycles. The van der Waals surface area contributed by atoms with Crippen molar-refractivity contribution in [2.75, 3.05) is 26.2 Å². The van der Waals surface area contributed by atoms with Crippen molar-refractivity contribution < 1.29 is 9.53 Å². The number of carbonyl (C=O) groups is 1. The van der Waals surface area contributed by atoms with Crippen LogP contribution in [0.2, 0.25) is 0 Å². The van der Waals surface area contributed by atoms with Crippen LogP contribution in [0.3, 0.4) is 0 Å². The lowest BCUT2D eigenvalue weighted by molar-refractivity contribution is -0.135. The lowest BCUT2D eigenvalue weighted by atomic mass is 10.1. The number of piperidine rings is 1. The highest BCUT2D eigenvalue weighted by molar-refractivity contribution is 7.09. The van der Waals surface area contributed by atoms with Gasteiger partial charge in [-0.15, -0.1) is 11.3 Å². The van der Waals surface area contributed by atoms with Crippen LogP contribution in [0.4, 0.5) is 0 Å². The average molecular weight is 430 g/mol. The van der Waals surface area contributed by atoms with E-state index in [9.17, 15) is 4.79 Å². The Bertz CT molecular complexity index is 828. The van der Waals surface area contributed by atoms with E-state index in [1.54, 1.807) is 11.3 Å². The predicted molar refractivity (Wildman–Crippen MR) is 123 cm³/mol. The second-order valence-electron chi connectivity index (χ2n) is 8.54. The minimum atomic E-state index is -0.00269. The summed E-state index contributed by atoms with van der Waals surface area (Å²) in [6, 6.07) is 6.11. The maximum atomic E-state index is 12.8. The summed E-state index contributed by atoms with van der Waals surface area (Å²) in [7, 11) is 0. The van der Waals surface area contributed by atoms with Crippen LogP contribution in [-0.4, -0.2) is 46.9 Å². The molecule has 1 aromatic carbocycles. The van der Waals surface area contributed by atoms with Gasteiger partial charge in [-0.25, -0.2) is 4.98 Å². The number of hydrogen-bond acceptors (Lipinski definition) is 5. The Morgan fingerprint density at radius 3 is 2.73 bits per heavy atom. The zero-order valence-electron chi connectivity index (χ0n) is 18.8. The Morgan fingerprint density at radius 1 is 1.23 bits per heavy atom. The van der Waals surface area contributed by atoms with Crippen molar-refractivity contribution in [1.29, 1.82) is 0 Å². The second kappa shape index (κ2) is 10.9. The first-order chi connectivity index (χ1) is 14.4. The Kier molecular flexibility index (Phi) is 8.28. The van der Waals surface area contributed by atoms with Crippen LogP contribution >= 0.6 is 11.3 Å². The predicted octanol–water partition coefficient (Wildman–Crippen LogP) is 4.81. The highest BCUT2D eigenvalue weighted by atomic mass is 32.1. The largest absolute Gasteiger partial charge is 0.486 e. The number of benzene rings is 1. The normalized spacial score (nSPS) is 14.8. The molecule has 2 aromatic rings. The number of aromatic nitrogens is 1. The number of hydrogen-bond donors (Lipinski definition) is 0. The fourth-order valence-corrected chi connectivity index (χ4v) is 4.48. The maximum Gasteiger partial charge on any atom is 0.225 e. The van der Waals surface area contributed by atoms with Gasteiger partial charge in [-0.1, -0.05) is 32.4 Å². The third kappa shape index (κ3) is 6.29. The van der Waals surface area contributed by atoms with Crippen LogP contribution in [0.1, 0.15) is 54.9 Å². The molecule has 1 fully saturated rings. The molecule has 1 amide bonds. The van der Waals surface area contributed by atoms with E-state index in [2.05, 4.69) is 30.2 Å². The second-order valence-corrected chi connectivity index (χ2v) is 9.48. The van der Waals surface area contributed by atoms with Crippen molar-refractivity contribution in [1.82, 2.24) is 14.8 Å². The van der Waals surface area contributed by atoms with Crippen molar-refractivity contribution in [3.63, 3.8) is 0 Å². The highest BCUT2D eigenvalue weighted by Crippen LogP contribution is 2.23. The lowest BCUT2D eigenvalue weighted by Crippen LogP contribution is -2.41. The zero-order valence-corrected chi connectivity index (χ0v) is 19.6. The van der Waals surface area contributed by atoms with Gasteiger partial charge >= 0.3 is 0 Å². The smallest absolute Gasteiger partial charge is 0.225 e. The number of aryl methyl sites for hydroxylation is 1. The minimum Gasteiger partial charge on any atom is -0.486 e. The van der Waals surface area contributed by atoms with Crippen molar-refractivity contribution in [2.45, 2.75) is 60.1 Å². The molecule has 164 valence electrons. The molecule has 6 heteroatoms. The first-order valence-electron chi connectivity index (χ1n) is 11.1. The number of rotatable bonds is 9. The first kappa shape index (κ1) is 22.8. The quantitative estimate of drug-likeness (QED) is 0.574. The third-order valence-corrected chi connectivity index (χ3v) is 6.67. The Morgan fingerprint density at radius 2 is 2.00 bits per heavy atom. The fraction of sp³-hybridized carbons (Fsp3) is 0.583. The van der Waals surface area contributed by atoms with Gasteiger partial charge in [0.2, 0.25) is 5.91 Å². The molecule has 0 radical (unpaired) electrons. The summed E-state index contributed by atoms with van der Waals surface area (Å²) < 4.78 is 6.00. The summed E-state index contributed by atoms with van der Waals surface area (Å²) in [4.78, 5) is 22.0. The summed E-state index contributed by atoms with van der Waals surface area (Å²) in [6.07, 6.45) is 3.87. The molecule has 1 aliphatic rings. The van der Waals surface area contributed by atoms with E-state index in [1.807, 2.05) is 30.9 Å². The molecule has 0 unspecified atom stereocenters. The molecule has 0 saturated carbocycles. The van der Waals surface area contributed by atoms with Crippen LogP contribution in [0.15, 0.2) is 23.6 Å². The summed E-state index contributed by atoms with van der Waals surface area (Å²) in [5, 5.41) is 3.00. The van der Waals surface area contributed by atoms with Crippen LogP contribution < -0.4 is 4.74 Å². The van der Waals surface area contributed by atoms with Crippen LogP contribution in [-0.2, 0) is 17.9 Å². The molecule has 3 rings (SSSR count). The van der Waals surface area contributed by atoms with E-state index in [0.29, 0.717) is 13.2 Å². The van der Waals surface area contributed by atoms with Gasteiger partial charge in [0.15, 0.2) is 0 Å². The van der Waals surface area contributed by atoms with Gasteiger partial charge in [-0.2, -0.15) is 0 Å². The standard InChI is InChI=1S/C24H35N3O2S/c1-18(2)24(28)27(14-13-26-11-6-5-7-12-26)15-21-17-30-23(25-21)16-29-22-10-8-9-19(3)20(22)4/h8-10,17-18H,5-7,11-16H2,1-4H3. The van der Waals surface area contributed by atoms with Crippen LogP contribution in [0.25, 0.3) is 0 Å². The van der Waals surface area contributed by atoms with Gasteiger partial charge < -0.3 is 14.5 Å². The number of likely N-dealkylation sites (tertiary alicyclic amines) is 1. The molecule has 1 saturated heterocycles. The molecule has 30 heavy (non-hydrogen) atoms. The molecule has 5 nitrogen and oxygen atoms in total. The van der Waals surface area contributed by atoms with Gasteiger partial charge in [0.05, 0.1) is 12.2 Å². The molecule has 0 spiro atoms. The van der Waals surface area contributed by atoms with Crippen LogP contribution in [0.5, 0.6) is 5.75 Å². The number of ether oxygens (including phenoxy) is 1. The lowest BCUT2D eigenvalue weighted by Gasteiger charge is -2.30. The van der Waals surface area contributed by atoms with Gasteiger partial charge in [0, 0.05) is 24.4 Å². The number of nitrogens with zero attached hydrogens (tertiary/aromatic N) is 3. The summed E-state index contributed by atoms with van der Waals surface area (Å²) in [5.41, 5.74) is 3.34. The van der Waals surface area contributed by atoms with E-state index in [-0.39, 0.29) is 11.8 Å². The molecule has 1 aromatic heterocycles. The molecule has 0 bridgehead atoms. The summed E-state index contributed by atoms with van der Waals surface area (Å²) in [5.74, 6) is 1.11. The molecular formula is C24H35N3O2S. The van der Waals surface area contributed by atoms with E-state index in [0.717, 1.165) is 42.6 Å². The molecule has 0 N–H and O–H groups in total. The van der Waals surface area contributed by atoms with Crippen molar-refractivity contribution >= 4 is 17.2 Å². The first-order valence-corrected chi connectivity index (χ1v) is 12.0. The monoisotopic (exact) mass is 429 g/mol. The maximum absolute atomic E-state index is 12.8. The summed E-state index contributed by atoms with van der Waals surface area (Å²) >= 11 is 1.60. The molecule has 0 atom stereocenters. The van der Waals surface area contributed by atoms with E-state index >= 15 is 0 Å². The van der Waals surface area contributed by atoms with E-state index in [4.69, 9.17) is 9.72 Å². The molecular weight excluding hydrogens is 394 g/mol. The SMILES string of the molecule is Cc1cccc(OCc2nc(CN(CCN3CCCCC3)C(=O)C(C)C)cs2)c1C. The van der Waals surface area contributed by atoms with Gasteiger partial charge in [-0.3, -0.25) is 4.79 Å². The van der Waals surface area contributed by atoms with Crippen molar-refractivity contribution in [2.24, 2.45) is 5.92 Å². The topological polar surface area (TPSA) is 45.7 Å². The van der Waals surface area contributed by atoms with Gasteiger partial charge in [0.1, 0.15) is 17.4 Å². The van der Waals surface area contributed by atoms with Crippen molar-refractivity contribution in [3.8, 4) is 5.75 Å². The van der Waals surface area contributed by atoms with Crippen molar-refractivity contribution in [3.05, 3.63) is 45.4 Å². The number of amides is 1. The Hall–Kier alpha value is -1.92. The van der Waals surface area contributed by atoms with Crippen LogP contribution in [0, 0.1) is 19.8 Å². The Labute approximate surface area is 185 Å². The molecule has 2 heterocycles. The van der Waals surface area contributed by atoms with E-state index < -0.39 is 0 Å². The number of carbonyl (C=O) groups excluding carboxylic acids is 1. The van der Waals surface area contributed by atoms with Gasteiger partial charge in [0.25, 0.3) is 0 Å². The summed E-state index contributed by atoms with van der Waals surface area (Å²) in [6.45, 7) is 13.2. The Balaban J connectivity index is 1.58. The zero-order chi connectivity index (χ0) is 21.5. The minimum absolute atomic E-state index is 0.00269. The third-order valence-electron chi connectivity index (χ3n) is 5.80. The average Bonchev–Trinajstić information content (AvgIpc) is 3.19. The molecule has 0 aliphatic carbocycles. The fourth-order valence-electron chi connectivity index (χ4n) is 3.78. The van der Waals surface area contributed by atoms with Gasteiger partial charge in [-0.05, 0) is 57.0 Å². The highest BCUT2D eigenvalue weighted by Gasteiger charge is 2.20. The van der Waals surface area contributed by atoms with E-state index in [1.165, 1.54) is 30.4 Å².